The van der Waals surface area contributed by atoms with Crippen molar-refractivity contribution in [1.82, 2.24) is 5.32 Å². The summed E-state index contributed by atoms with van der Waals surface area (Å²) in [5.74, 6) is -0.548. The van der Waals surface area contributed by atoms with E-state index in [1.54, 1.807) is 53.7 Å². The first-order valence-electron chi connectivity index (χ1n) is 8.04. The van der Waals surface area contributed by atoms with E-state index in [-0.39, 0.29) is 6.42 Å². The smallest absolute Gasteiger partial charge is 0.408 e. The summed E-state index contributed by atoms with van der Waals surface area (Å²) >= 11 is 3.43. The number of benzene rings is 1. The number of hydrogen-bond donors (Lipinski definition) is 2. The largest absolute Gasteiger partial charge is 0.458 e. The standard InChI is InChI=1S/C18H27BrN2O4/c1-17(2,3)24-15(22)14(21-16(23)25-18(4,5)6)10-11-12(19)8-7-9-13(11)20/h7-9,14H,10,20H2,1-6H3,(H,21,23). The van der Waals surface area contributed by atoms with Crippen molar-refractivity contribution >= 4 is 33.7 Å². The van der Waals surface area contributed by atoms with Gasteiger partial charge in [0, 0.05) is 16.6 Å². The van der Waals surface area contributed by atoms with E-state index in [1.807, 2.05) is 6.07 Å². The van der Waals surface area contributed by atoms with Gasteiger partial charge in [0.1, 0.15) is 17.2 Å². The molecule has 1 aromatic carbocycles. The Morgan fingerprint density at radius 2 is 1.68 bits per heavy atom. The predicted octanol–water partition coefficient (Wildman–Crippen LogP) is 3.81. The number of hydrogen-bond acceptors (Lipinski definition) is 5. The maximum atomic E-state index is 12.5. The molecule has 0 radical (unpaired) electrons. The number of ether oxygens (including phenoxy) is 2. The molecule has 0 saturated heterocycles. The van der Waals surface area contributed by atoms with Crippen LogP contribution in [-0.2, 0) is 20.7 Å². The molecule has 1 unspecified atom stereocenters. The molecule has 140 valence electrons. The van der Waals surface area contributed by atoms with Gasteiger partial charge in [0.25, 0.3) is 0 Å². The highest BCUT2D eigenvalue weighted by Gasteiger charge is 2.29. The van der Waals surface area contributed by atoms with Gasteiger partial charge in [0.2, 0.25) is 0 Å². The molecule has 0 saturated carbocycles. The second-order valence-corrected chi connectivity index (χ2v) is 8.60. The van der Waals surface area contributed by atoms with Gasteiger partial charge in [-0.15, -0.1) is 0 Å². The Morgan fingerprint density at radius 1 is 1.12 bits per heavy atom. The molecule has 0 heterocycles. The molecule has 1 amide bonds. The molecular formula is C18H27BrN2O4. The number of carbonyl (C=O) groups is 2. The molecule has 25 heavy (non-hydrogen) atoms. The number of nitrogen functional groups attached to an aromatic ring is 1. The fourth-order valence-electron chi connectivity index (χ4n) is 2.01. The molecule has 1 rings (SSSR count). The van der Waals surface area contributed by atoms with E-state index in [1.165, 1.54) is 0 Å². The second-order valence-electron chi connectivity index (χ2n) is 7.74. The van der Waals surface area contributed by atoms with Crippen molar-refractivity contribution in [3.63, 3.8) is 0 Å². The van der Waals surface area contributed by atoms with Gasteiger partial charge in [-0.1, -0.05) is 22.0 Å². The van der Waals surface area contributed by atoms with Crippen LogP contribution in [0.3, 0.4) is 0 Å². The molecule has 1 atom stereocenters. The number of halogens is 1. The third-order valence-corrected chi connectivity index (χ3v) is 3.69. The van der Waals surface area contributed by atoms with Crippen LogP contribution in [0.2, 0.25) is 0 Å². The first-order chi connectivity index (χ1) is 11.3. The number of nitrogens with two attached hydrogens (primary N) is 1. The monoisotopic (exact) mass is 414 g/mol. The van der Waals surface area contributed by atoms with Crippen LogP contribution in [0.1, 0.15) is 47.1 Å². The molecule has 0 aliphatic rings. The van der Waals surface area contributed by atoms with Gasteiger partial charge in [0.05, 0.1) is 0 Å². The number of alkyl carbamates (subject to hydrolysis) is 1. The van der Waals surface area contributed by atoms with Crippen molar-refractivity contribution in [2.45, 2.75) is 65.2 Å². The molecule has 0 aliphatic carbocycles. The van der Waals surface area contributed by atoms with Crippen molar-refractivity contribution < 1.29 is 19.1 Å². The lowest BCUT2D eigenvalue weighted by atomic mass is 10.0. The van der Waals surface area contributed by atoms with Crippen LogP contribution >= 0.6 is 15.9 Å². The van der Waals surface area contributed by atoms with Gasteiger partial charge in [-0.05, 0) is 59.2 Å². The van der Waals surface area contributed by atoms with Crippen LogP contribution in [0.5, 0.6) is 0 Å². The lowest BCUT2D eigenvalue weighted by Crippen LogP contribution is -2.47. The highest BCUT2D eigenvalue weighted by molar-refractivity contribution is 9.10. The quantitative estimate of drug-likeness (QED) is 0.577. The summed E-state index contributed by atoms with van der Waals surface area (Å²) in [4.78, 5) is 24.7. The second kappa shape index (κ2) is 8.08. The molecule has 0 fully saturated rings. The Labute approximate surface area is 157 Å². The third kappa shape index (κ3) is 7.77. The average Bonchev–Trinajstić information content (AvgIpc) is 2.37. The van der Waals surface area contributed by atoms with Crippen molar-refractivity contribution in [2.75, 3.05) is 5.73 Å². The fourth-order valence-corrected chi connectivity index (χ4v) is 2.55. The van der Waals surface area contributed by atoms with E-state index in [9.17, 15) is 9.59 Å². The van der Waals surface area contributed by atoms with Gasteiger partial charge in [-0.25, -0.2) is 9.59 Å². The number of carbonyl (C=O) groups excluding carboxylic acids is 2. The van der Waals surface area contributed by atoms with Crippen LogP contribution in [0, 0.1) is 0 Å². The highest BCUT2D eigenvalue weighted by atomic mass is 79.9. The molecule has 0 aliphatic heterocycles. The minimum absolute atomic E-state index is 0.182. The Bertz CT molecular complexity index is 613. The normalized spacial score (nSPS) is 13.1. The molecular weight excluding hydrogens is 388 g/mol. The van der Waals surface area contributed by atoms with Gasteiger partial charge >= 0.3 is 12.1 Å². The van der Waals surface area contributed by atoms with Gasteiger partial charge in [0.15, 0.2) is 0 Å². The molecule has 0 aromatic heterocycles. The summed E-state index contributed by atoms with van der Waals surface area (Å²) in [7, 11) is 0. The molecule has 3 N–H and O–H groups in total. The fraction of sp³-hybridized carbons (Fsp3) is 0.556. The number of amides is 1. The first-order valence-corrected chi connectivity index (χ1v) is 8.83. The summed E-state index contributed by atoms with van der Waals surface area (Å²) in [6, 6.07) is 4.44. The van der Waals surface area contributed by atoms with E-state index in [4.69, 9.17) is 15.2 Å². The van der Waals surface area contributed by atoms with E-state index >= 15 is 0 Å². The van der Waals surface area contributed by atoms with Crippen molar-refractivity contribution in [3.05, 3.63) is 28.2 Å². The lowest BCUT2D eigenvalue weighted by Gasteiger charge is -2.26. The third-order valence-electron chi connectivity index (χ3n) is 2.95. The summed E-state index contributed by atoms with van der Waals surface area (Å²) in [5.41, 5.74) is 5.89. The van der Waals surface area contributed by atoms with Gasteiger partial charge in [-0.2, -0.15) is 0 Å². The highest BCUT2D eigenvalue weighted by Crippen LogP contribution is 2.25. The van der Waals surface area contributed by atoms with Crippen LogP contribution in [-0.4, -0.2) is 29.3 Å². The summed E-state index contributed by atoms with van der Waals surface area (Å²) in [6.07, 6.45) is -0.504. The maximum absolute atomic E-state index is 12.5. The number of rotatable bonds is 4. The molecule has 1 aromatic rings. The van der Waals surface area contributed by atoms with E-state index < -0.39 is 29.3 Å². The zero-order chi connectivity index (χ0) is 19.4. The maximum Gasteiger partial charge on any atom is 0.408 e. The van der Waals surface area contributed by atoms with Gasteiger partial charge in [-0.3, -0.25) is 0 Å². The van der Waals surface area contributed by atoms with Crippen molar-refractivity contribution in [3.8, 4) is 0 Å². The summed E-state index contributed by atoms with van der Waals surface area (Å²) < 4.78 is 11.4. The predicted molar refractivity (Wildman–Crippen MR) is 101 cm³/mol. The summed E-state index contributed by atoms with van der Waals surface area (Å²) in [5, 5.41) is 2.59. The van der Waals surface area contributed by atoms with Crippen LogP contribution < -0.4 is 11.1 Å². The Balaban J connectivity index is 3.02. The Morgan fingerprint density at radius 3 is 2.16 bits per heavy atom. The molecule has 0 bridgehead atoms. The zero-order valence-electron chi connectivity index (χ0n) is 15.6. The zero-order valence-corrected chi connectivity index (χ0v) is 17.2. The molecule has 7 heteroatoms. The van der Waals surface area contributed by atoms with Crippen LogP contribution in [0.15, 0.2) is 22.7 Å². The topological polar surface area (TPSA) is 90.6 Å². The van der Waals surface area contributed by atoms with Crippen LogP contribution in [0.4, 0.5) is 10.5 Å². The minimum Gasteiger partial charge on any atom is -0.458 e. The lowest BCUT2D eigenvalue weighted by molar-refractivity contribution is -0.157. The van der Waals surface area contributed by atoms with Crippen LogP contribution in [0.25, 0.3) is 0 Å². The van der Waals surface area contributed by atoms with E-state index in [2.05, 4.69) is 21.2 Å². The SMILES string of the molecule is CC(C)(C)OC(=O)NC(Cc1c(N)cccc1Br)C(=O)OC(C)(C)C. The van der Waals surface area contributed by atoms with Crippen molar-refractivity contribution in [1.29, 1.82) is 0 Å². The molecule has 6 nitrogen and oxygen atoms in total. The first kappa shape index (κ1) is 21.3. The minimum atomic E-state index is -0.921. The number of anilines is 1. The average molecular weight is 415 g/mol. The van der Waals surface area contributed by atoms with E-state index in [0.717, 1.165) is 10.0 Å². The Hall–Kier alpha value is -1.76. The molecule has 0 spiro atoms. The number of esters is 1. The summed E-state index contributed by atoms with van der Waals surface area (Å²) in [6.45, 7) is 10.6. The number of nitrogens with one attached hydrogen (secondary N) is 1. The van der Waals surface area contributed by atoms with Gasteiger partial charge < -0.3 is 20.5 Å². The Kier molecular flexibility index (Phi) is 6.88. The van der Waals surface area contributed by atoms with E-state index in [0.29, 0.717) is 5.69 Å². The van der Waals surface area contributed by atoms with Crippen molar-refractivity contribution in [2.24, 2.45) is 0 Å².